The molecule has 110 valence electrons. The van der Waals surface area contributed by atoms with E-state index in [9.17, 15) is 4.79 Å². The van der Waals surface area contributed by atoms with Crippen molar-refractivity contribution in [3.05, 3.63) is 22.8 Å². The van der Waals surface area contributed by atoms with Crippen LogP contribution in [0.1, 0.15) is 29.6 Å². The fraction of sp³-hybridized carbons (Fsp3) is 0.571. The average Bonchev–Trinajstić information content (AvgIpc) is 2.48. The first-order valence-corrected chi connectivity index (χ1v) is 7.42. The molecule has 20 heavy (non-hydrogen) atoms. The monoisotopic (exact) mass is 296 g/mol. The van der Waals surface area contributed by atoms with E-state index in [0.29, 0.717) is 22.9 Å². The van der Waals surface area contributed by atoms with Gasteiger partial charge in [0.05, 0.1) is 10.6 Å². The van der Waals surface area contributed by atoms with Gasteiger partial charge in [0.25, 0.3) is 5.91 Å². The van der Waals surface area contributed by atoms with Crippen LogP contribution in [0.4, 0.5) is 5.82 Å². The smallest absolute Gasteiger partial charge is 0.253 e. The highest BCUT2D eigenvalue weighted by Crippen LogP contribution is 2.17. The molecule has 0 aromatic carbocycles. The molecule has 2 N–H and O–H groups in total. The zero-order chi connectivity index (χ0) is 14.4. The van der Waals surface area contributed by atoms with E-state index in [0.717, 1.165) is 19.6 Å². The number of nitrogens with one attached hydrogen (secondary N) is 2. The topological polar surface area (TPSA) is 57.3 Å². The van der Waals surface area contributed by atoms with Gasteiger partial charge in [-0.2, -0.15) is 0 Å². The summed E-state index contributed by atoms with van der Waals surface area (Å²) in [6.45, 7) is 3.81. The van der Waals surface area contributed by atoms with E-state index in [1.54, 1.807) is 13.1 Å². The third-order valence-electron chi connectivity index (χ3n) is 3.52. The Morgan fingerprint density at radius 3 is 2.85 bits per heavy atom. The molecule has 0 atom stereocenters. The molecule has 2 rings (SSSR count). The van der Waals surface area contributed by atoms with Crippen LogP contribution in [0.25, 0.3) is 0 Å². The SMILES string of the molecule is CNc1cc(C(=O)NCCN2CCCCC2)c(Cl)cn1. The highest BCUT2D eigenvalue weighted by molar-refractivity contribution is 6.33. The van der Waals surface area contributed by atoms with E-state index in [2.05, 4.69) is 20.5 Å². The third-order valence-corrected chi connectivity index (χ3v) is 3.82. The minimum Gasteiger partial charge on any atom is -0.373 e. The van der Waals surface area contributed by atoms with Crippen molar-refractivity contribution in [3.8, 4) is 0 Å². The molecule has 0 bridgehead atoms. The van der Waals surface area contributed by atoms with E-state index in [1.807, 2.05) is 0 Å². The molecule has 0 saturated carbocycles. The van der Waals surface area contributed by atoms with Crippen LogP contribution >= 0.6 is 11.6 Å². The maximum Gasteiger partial charge on any atom is 0.253 e. The van der Waals surface area contributed by atoms with Gasteiger partial charge in [-0.25, -0.2) is 4.98 Å². The molecule has 2 heterocycles. The quantitative estimate of drug-likeness (QED) is 0.872. The predicted octanol–water partition coefficient (Wildman–Crippen LogP) is 1.99. The van der Waals surface area contributed by atoms with Crippen LogP contribution in [-0.4, -0.2) is 49.0 Å². The third kappa shape index (κ3) is 4.08. The number of aromatic nitrogens is 1. The number of hydrogen-bond donors (Lipinski definition) is 2. The van der Waals surface area contributed by atoms with E-state index >= 15 is 0 Å². The standard InChI is InChI=1S/C14H21ClN4O/c1-16-13-9-11(12(15)10-18-13)14(20)17-5-8-19-6-3-2-4-7-19/h9-10H,2-8H2,1H3,(H,16,18)(H,17,20). The second kappa shape index (κ2) is 7.45. The maximum absolute atomic E-state index is 12.1. The largest absolute Gasteiger partial charge is 0.373 e. The number of halogens is 1. The van der Waals surface area contributed by atoms with Gasteiger partial charge in [0.1, 0.15) is 5.82 Å². The minimum atomic E-state index is -0.147. The first kappa shape index (κ1) is 15.1. The highest BCUT2D eigenvalue weighted by atomic mass is 35.5. The Hall–Kier alpha value is -1.33. The Labute approximate surface area is 124 Å². The van der Waals surface area contributed by atoms with Crippen molar-refractivity contribution in [1.82, 2.24) is 15.2 Å². The number of likely N-dealkylation sites (tertiary alicyclic amines) is 1. The van der Waals surface area contributed by atoms with Crippen molar-refractivity contribution >= 4 is 23.3 Å². The Morgan fingerprint density at radius 1 is 1.40 bits per heavy atom. The van der Waals surface area contributed by atoms with Gasteiger partial charge in [0, 0.05) is 26.3 Å². The lowest BCUT2D eigenvalue weighted by Gasteiger charge is -2.26. The summed E-state index contributed by atoms with van der Waals surface area (Å²) in [7, 11) is 1.76. The number of carbonyl (C=O) groups is 1. The fourth-order valence-corrected chi connectivity index (χ4v) is 2.54. The molecule has 0 aliphatic carbocycles. The average molecular weight is 297 g/mol. The number of nitrogens with zero attached hydrogens (tertiary/aromatic N) is 2. The van der Waals surface area contributed by atoms with Gasteiger partial charge in [-0.15, -0.1) is 0 Å². The molecule has 1 amide bonds. The molecule has 1 saturated heterocycles. The van der Waals surface area contributed by atoms with Crippen LogP contribution in [-0.2, 0) is 0 Å². The van der Waals surface area contributed by atoms with Crippen molar-refractivity contribution in [2.45, 2.75) is 19.3 Å². The molecule has 1 aromatic heterocycles. The molecule has 6 heteroatoms. The summed E-state index contributed by atoms with van der Waals surface area (Å²) in [4.78, 5) is 18.6. The zero-order valence-corrected chi connectivity index (χ0v) is 12.5. The number of pyridine rings is 1. The molecule has 0 radical (unpaired) electrons. The highest BCUT2D eigenvalue weighted by Gasteiger charge is 2.13. The van der Waals surface area contributed by atoms with E-state index in [4.69, 9.17) is 11.6 Å². The van der Waals surface area contributed by atoms with Crippen molar-refractivity contribution in [1.29, 1.82) is 0 Å². The van der Waals surface area contributed by atoms with Gasteiger partial charge < -0.3 is 15.5 Å². The lowest BCUT2D eigenvalue weighted by Crippen LogP contribution is -2.37. The zero-order valence-electron chi connectivity index (χ0n) is 11.8. The molecule has 0 spiro atoms. The lowest BCUT2D eigenvalue weighted by molar-refractivity contribution is 0.0946. The van der Waals surface area contributed by atoms with Gasteiger partial charge in [0.2, 0.25) is 0 Å². The second-order valence-electron chi connectivity index (χ2n) is 4.96. The Morgan fingerprint density at radius 2 is 2.15 bits per heavy atom. The van der Waals surface area contributed by atoms with Crippen LogP contribution in [0.3, 0.4) is 0 Å². The van der Waals surface area contributed by atoms with Gasteiger partial charge >= 0.3 is 0 Å². The summed E-state index contributed by atoms with van der Waals surface area (Å²) in [5.74, 6) is 0.487. The van der Waals surface area contributed by atoms with Crippen molar-refractivity contribution in [2.24, 2.45) is 0 Å². The summed E-state index contributed by atoms with van der Waals surface area (Å²) in [5, 5.41) is 6.19. The summed E-state index contributed by atoms with van der Waals surface area (Å²) < 4.78 is 0. The van der Waals surface area contributed by atoms with Crippen molar-refractivity contribution < 1.29 is 4.79 Å². The van der Waals surface area contributed by atoms with Crippen LogP contribution in [0.15, 0.2) is 12.3 Å². The number of carbonyl (C=O) groups excluding carboxylic acids is 1. The normalized spacial score (nSPS) is 15.9. The van der Waals surface area contributed by atoms with Gasteiger partial charge in [-0.1, -0.05) is 18.0 Å². The number of anilines is 1. The van der Waals surface area contributed by atoms with Crippen LogP contribution in [0, 0.1) is 0 Å². The Balaban J connectivity index is 1.84. The minimum absolute atomic E-state index is 0.147. The fourth-order valence-electron chi connectivity index (χ4n) is 2.36. The van der Waals surface area contributed by atoms with E-state index < -0.39 is 0 Å². The number of piperidine rings is 1. The molecule has 5 nitrogen and oxygen atoms in total. The molecule has 0 unspecified atom stereocenters. The van der Waals surface area contributed by atoms with Crippen LogP contribution in [0.2, 0.25) is 5.02 Å². The molecule has 1 fully saturated rings. The van der Waals surface area contributed by atoms with Crippen molar-refractivity contribution in [3.63, 3.8) is 0 Å². The molecule has 1 aliphatic heterocycles. The first-order valence-electron chi connectivity index (χ1n) is 7.04. The van der Waals surface area contributed by atoms with E-state index in [1.165, 1.54) is 25.5 Å². The lowest BCUT2D eigenvalue weighted by atomic mass is 10.1. The molecule has 1 aromatic rings. The van der Waals surface area contributed by atoms with Gasteiger partial charge in [0.15, 0.2) is 0 Å². The maximum atomic E-state index is 12.1. The number of rotatable bonds is 5. The van der Waals surface area contributed by atoms with Gasteiger partial charge in [-0.3, -0.25) is 4.79 Å². The number of hydrogen-bond acceptors (Lipinski definition) is 4. The van der Waals surface area contributed by atoms with E-state index in [-0.39, 0.29) is 5.91 Å². The second-order valence-corrected chi connectivity index (χ2v) is 5.36. The van der Waals surface area contributed by atoms with Crippen molar-refractivity contribution in [2.75, 3.05) is 38.5 Å². The summed E-state index contributed by atoms with van der Waals surface area (Å²) in [6, 6.07) is 1.67. The summed E-state index contributed by atoms with van der Waals surface area (Å²) >= 11 is 6.01. The molecular weight excluding hydrogens is 276 g/mol. The molecule has 1 aliphatic rings. The Bertz CT molecular complexity index is 460. The Kier molecular flexibility index (Phi) is 5.61. The predicted molar refractivity (Wildman–Crippen MR) is 81.4 cm³/mol. The summed E-state index contributed by atoms with van der Waals surface area (Å²) in [5.41, 5.74) is 0.463. The number of amides is 1. The summed E-state index contributed by atoms with van der Waals surface area (Å²) in [6.07, 6.45) is 5.33. The van der Waals surface area contributed by atoms with Crippen LogP contribution in [0.5, 0.6) is 0 Å². The van der Waals surface area contributed by atoms with Crippen LogP contribution < -0.4 is 10.6 Å². The molecular formula is C14H21ClN4O. The van der Waals surface area contributed by atoms with Gasteiger partial charge in [-0.05, 0) is 32.0 Å². The first-order chi connectivity index (χ1) is 9.70.